The Labute approximate surface area is 179 Å². The van der Waals surface area contributed by atoms with Crippen molar-refractivity contribution in [3.8, 4) is 5.69 Å². The lowest BCUT2D eigenvalue weighted by atomic mass is 10.2. The van der Waals surface area contributed by atoms with Gasteiger partial charge < -0.3 is 15.1 Å². The van der Waals surface area contributed by atoms with Gasteiger partial charge in [0.15, 0.2) is 0 Å². The molecule has 0 saturated heterocycles. The number of carbonyl (C=O) groups excluding carboxylic acids is 1. The van der Waals surface area contributed by atoms with Crippen LogP contribution in [-0.2, 0) is 11.3 Å². The topological polar surface area (TPSA) is 131 Å². The molecular weight excluding hydrogens is 437 g/mol. The van der Waals surface area contributed by atoms with Gasteiger partial charge in [0.05, 0.1) is 12.3 Å². The molecule has 0 saturated carbocycles. The maximum atomic E-state index is 12.9. The number of aromatic nitrogens is 4. The van der Waals surface area contributed by atoms with Crippen LogP contribution in [0.15, 0.2) is 47.8 Å². The van der Waals surface area contributed by atoms with Crippen LogP contribution in [0.5, 0.6) is 0 Å². The van der Waals surface area contributed by atoms with Gasteiger partial charge in [0.1, 0.15) is 28.7 Å². The molecule has 0 bridgehead atoms. The summed E-state index contributed by atoms with van der Waals surface area (Å²) in [5, 5.41) is 18.0. The van der Waals surface area contributed by atoms with E-state index >= 15 is 0 Å². The van der Waals surface area contributed by atoms with E-state index < -0.39 is 24.1 Å². The van der Waals surface area contributed by atoms with Crippen molar-refractivity contribution in [2.24, 2.45) is 0 Å². The van der Waals surface area contributed by atoms with Gasteiger partial charge in [-0.2, -0.15) is 0 Å². The van der Waals surface area contributed by atoms with Crippen molar-refractivity contribution in [3.63, 3.8) is 0 Å². The Kier molecular flexibility index (Phi) is 6.50. The van der Waals surface area contributed by atoms with Crippen molar-refractivity contribution >= 4 is 40.8 Å². The second-order valence-corrected chi connectivity index (χ2v) is 6.72. The molecule has 12 heteroatoms. The molecule has 0 aliphatic heterocycles. The molecule has 2 N–H and O–H groups in total. The Morgan fingerprint density at radius 2 is 1.70 bits per heavy atom. The van der Waals surface area contributed by atoms with Gasteiger partial charge in [0.2, 0.25) is 0 Å². The molecule has 156 valence electrons. The molecule has 30 heavy (non-hydrogen) atoms. The van der Waals surface area contributed by atoms with Crippen LogP contribution in [0.25, 0.3) is 5.69 Å². The van der Waals surface area contributed by atoms with Crippen LogP contribution in [0.4, 0.5) is 5.69 Å². The first kappa shape index (κ1) is 21.5. The second-order valence-electron chi connectivity index (χ2n) is 6.00. The summed E-state index contributed by atoms with van der Waals surface area (Å²) in [7, 11) is 0. The molecule has 2 heterocycles. The molecule has 3 rings (SSSR count). The summed E-state index contributed by atoms with van der Waals surface area (Å²) in [5.41, 5.74) is 0.254. The zero-order valence-corrected chi connectivity index (χ0v) is 16.8. The minimum atomic E-state index is -1.13. The van der Waals surface area contributed by atoms with Crippen LogP contribution in [0.3, 0.4) is 0 Å². The highest BCUT2D eigenvalue weighted by Crippen LogP contribution is 2.25. The maximum Gasteiger partial charge on any atom is 0.333 e. The fourth-order valence-electron chi connectivity index (χ4n) is 2.77. The van der Waals surface area contributed by atoms with Crippen LogP contribution in [0, 0.1) is 0 Å². The number of benzene rings is 1. The normalized spacial score (nSPS) is 10.8. The first-order valence-electron chi connectivity index (χ1n) is 8.52. The summed E-state index contributed by atoms with van der Waals surface area (Å²) in [6.07, 6.45) is 3.93. The van der Waals surface area contributed by atoms with Crippen LogP contribution in [0.2, 0.25) is 10.3 Å². The third kappa shape index (κ3) is 4.35. The number of carbonyl (C=O) groups is 2. The van der Waals surface area contributed by atoms with E-state index in [0.717, 1.165) is 10.9 Å². The molecule has 0 spiro atoms. The highest BCUT2D eigenvalue weighted by atomic mass is 35.5. The molecule has 0 aliphatic rings. The lowest BCUT2D eigenvalue weighted by Gasteiger charge is -2.22. The first-order valence-corrected chi connectivity index (χ1v) is 9.27. The molecule has 3 aromatic rings. The van der Waals surface area contributed by atoms with E-state index in [1.165, 1.54) is 21.9 Å². The minimum absolute atomic E-state index is 0.0470. The lowest BCUT2D eigenvalue weighted by molar-refractivity contribution is -0.137. The average molecular weight is 452 g/mol. The number of aliphatic hydroxyl groups is 1. The van der Waals surface area contributed by atoms with Crippen LogP contribution in [-0.4, -0.2) is 54.3 Å². The van der Waals surface area contributed by atoms with Gasteiger partial charge in [-0.3, -0.25) is 18.7 Å². The minimum Gasteiger partial charge on any atom is -0.480 e. The number of aliphatic carboxylic acids is 1. The van der Waals surface area contributed by atoms with Gasteiger partial charge in [0, 0.05) is 24.6 Å². The van der Waals surface area contributed by atoms with Gasteiger partial charge in [-0.05, 0) is 24.3 Å². The van der Waals surface area contributed by atoms with Gasteiger partial charge >= 0.3 is 11.7 Å². The molecule has 0 unspecified atom stereocenters. The number of nitrogens with zero attached hydrogens (tertiary/aromatic N) is 5. The molecule has 1 aromatic carbocycles. The van der Waals surface area contributed by atoms with Gasteiger partial charge in [0.25, 0.3) is 5.91 Å². The standard InChI is InChI=1S/C18H15Cl2N5O5/c19-15-14(16(20)22-10-21-15)17(29)24(7-8-26)11-1-3-12(4-2-11)25-6-5-23(18(25)30)9-13(27)28/h1-6,10,26H,7-9H2,(H,27,28). The van der Waals surface area contributed by atoms with Crippen LogP contribution < -0.4 is 10.6 Å². The summed E-state index contributed by atoms with van der Waals surface area (Å²) in [6, 6.07) is 6.28. The predicted octanol–water partition coefficient (Wildman–Crippen LogP) is 1.46. The Bertz CT molecular complexity index is 1120. The SMILES string of the molecule is O=C(O)Cn1ccn(-c2ccc(N(CCO)C(=O)c3c(Cl)ncnc3Cl)cc2)c1=O. The number of carboxylic acid groups (broad SMARTS) is 1. The highest BCUT2D eigenvalue weighted by molar-refractivity contribution is 6.39. The van der Waals surface area contributed by atoms with Gasteiger partial charge in [-0.1, -0.05) is 23.2 Å². The molecule has 2 aromatic heterocycles. The summed E-state index contributed by atoms with van der Waals surface area (Å²) in [6.45, 7) is -0.827. The van der Waals surface area contributed by atoms with Crippen molar-refractivity contribution in [1.29, 1.82) is 0 Å². The number of halogens is 2. The van der Waals surface area contributed by atoms with Crippen molar-refractivity contribution in [2.75, 3.05) is 18.1 Å². The van der Waals surface area contributed by atoms with E-state index in [2.05, 4.69) is 9.97 Å². The maximum absolute atomic E-state index is 12.9. The number of rotatable bonds is 7. The molecule has 1 amide bonds. The van der Waals surface area contributed by atoms with Crippen LogP contribution >= 0.6 is 23.2 Å². The van der Waals surface area contributed by atoms with Gasteiger partial charge in [-0.15, -0.1) is 0 Å². The summed E-state index contributed by atoms with van der Waals surface area (Å²) in [4.78, 5) is 44.9. The number of hydrogen-bond acceptors (Lipinski definition) is 6. The van der Waals surface area contributed by atoms with E-state index in [-0.39, 0.29) is 29.0 Å². The third-order valence-corrected chi connectivity index (χ3v) is 4.70. The predicted molar refractivity (Wildman–Crippen MR) is 108 cm³/mol. The summed E-state index contributed by atoms with van der Waals surface area (Å²) >= 11 is 12.0. The zero-order chi connectivity index (χ0) is 21.8. The fraction of sp³-hybridized carbons (Fsp3) is 0.167. The molecule has 10 nitrogen and oxygen atoms in total. The van der Waals surface area contributed by atoms with Crippen molar-refractivity contribution in [1.82, 2.24) is 19.1 Å². The van der Waals surface area contributed by atoms with E-state index in [9.17, 15) is 19.5 Å². The number of aliphatic hydroxyl groups excluding tert-OH is 1. The smallest absolute Gasteiger partial charge is 0.333 e. The summed E-state index contributed by atoms with van der Waals surface area (Å²) in [5.74, 6) is -1.73. The largest absolute Gasteiger partial charge is 0.480 e. The number of imidazole rings is 1. The van der Waals surface area contributed by atoms with E-state index in [1.807, 2.05) is 0 Å². The lowest BCUT2D eigenvalue weighted by Crippen LogP contribution is -2.34. The molecule has 0 aliphatic carbocycles. The molecule has 0 atom stereocenters. The van der Waals surface area contributed by atoms with Crippen LogP contribution in [0.1, 0.15) is 10.4 Å². The fourth-order valence-corrected chi connectivity index (χ4v) is 3.25. The molecular formula is C18H15Cl2N5O5. The van der Waals surface area contributed by atoms with E-state index in [0.29, 0.717) is 11.4 Å². The van der Waals surface area contributed by atoms with E-state index in [1.54, 1.807) is 24.3 Å². The quantitative estimate of drug-likeness (QED) is 0.519. The Morgan fingerprint density at radius 1 is 1.07 bits per heavy atom. The number of amides is 1. The third-order valence-electron chi connectivity index (χ3n) is 4.13. The number of carboxylic acids is 1. The van der Waals surface area contributed by atoms with Gasteiger partial charge in [-0.25, -0.2) is 14.8 Å². The average Bonchev–Trinajstić information content (AvgIpc) is 3.06. The Morgan fingerprint density at radius 3 is 2.27 bits per heavy atom. The monoisotopic (exact) mass is 451 g/mol. The number of hydrogen-bond donors (Lipinski definition) is 2. The zero-order valence-electron chi connectivity index (χ0n) is 15.3. The van der Waals surface area contributed by atoms with E-state index in [4.69, 9.17) is 28.3 Å². The highest BCUT2D eigenvalue weighted by Gasteiger charge is 2.24. The molecule has 0 radical (unpaired) electrons. The van der Waals surface area contributed by atoms with Crippen molar-refractivity contribution < 1.29 is 19.8 Å². The van der Waals surface area contributed by atoms with Crippen molar-refractivity contribution in [3.05, 3.63) is 69.3 Å². The Balaban J connectivity index is 1.93. The number of anilines is 1. The second kappa shape index (κ2) is 9.08. The van der Waals surface area contributed by atoms with Crippen molar-refractivity contribution in [2.45, 2.75) is 6.54 Å². The Hall–Kier alpha value is -3.21. The molecule has 0 fully saturated rings. The summed E-state index contributed by atoms with van der Waals surface area (Å²) < 4.78 is 2.32. The first-order chi connectivity index (χ1) is 14.3.